The van der Waals surface area contributed by atoms with E-state index in [1.807, 2.05) is 4.72 Å². The van der Waals surface area contributed by atoms with Crippen molar-refractivity contribution in [2.24, 2.45) is 0 Å². The van der Waals surface area contributed by atoms with Crippen LogP contribution < -0.4 is 10.0 Å². The maximum Gasteiger partial charge on any atom is 0.405 e. The van der Waals surface area contributed by atoms with Gasteiger partial charge in [0.2, 0.25) is 0 Å². The number of carbonyl (C=O) groups is 1. The lowest BCUT2D eigenvalue weighted by Gasteiger charge is -2.14. The molecule has 0 radical (unpaired) electrons. The second kappa shape index (κ2) is 8.25. The van der Waals surface area contributed by atoms with Crippen molar-refractivity contribution in [3.8, 4) is 0 Å². The molecule has 13 heteroatoms. The molecule has 8 nitrogen and oxygen atoms in total. The minimum atomic E-state index is -4.65. The predicted molar refractivity (Wildman–Crippen MR) is 98.5 cm³/mol. The van der Waals surface area contributed by atoms with Crippen molar-refractivity contribution in [3.63, 3.8) is 0 Å². The van der Waals surface area contributed by atoms with Gasteiger partial charge in [-0.2, -0.15) is 13.2 Å². The van der Waals surface area contributed by atoms with Crippen LogP contribution in [0.5, 0.6) is 0 Å². The van der Waals surface area contributed by atoms with Gasteiger partial charge >= 0.3 is 6.18 Å². The Morgan fingerprint density at radius 1 is 1.24 bits per heavy atom. The molecule has 29 heavy (non-hydrogen) atoms. The third-order valence-electron chi connectivity index (χ3n) is 3.66. The largest absolute Gasteiger partial charge is 0.405 e. The van der Waals surface area contributed by atoms with Gasteiger partial charge in [0, 0.05) is 11.6 Å². The summed E-state index contributed by atoms with van der Waals surface area (Å²) in [6.45, 7) is -0.267. The van der Waals surface area contributed by atoms with E-state index in [4.69, 9.17) is 11.6 Å². The Morgan fingerprint density at radius 2 is 1.86 bits per heavy atom. The monoisotopic (exact) mass is 451 g/mol. The number of nitrogens with zero attached hydrogens (tertiary/aromatic N) is 1. The number of nitro groups is 1. The van der Waals surface area contributed by atoms with Crippen molar-refractivity contribution >= 4 is 38.9 Å². The molecule has 0 aromatic heterocycles. The molecule has 2 aromatic carbocycles. The van der Waals surface area contributed by atoms with Gasteiger partial charge in [0.05, 0.1) is 26.1 Å². The number of sulfonamides is 1. The van der Waals surface area contributed by atoms with Gasteiger partial charge in [-0.3, -0.25) is 19.6 Å². The summed E-state index contributed by atoms with van der Waals surface area (Å²) in [7, 11) is -4.45. The van der Waals surface area contributed by atoms with Gasteiger partial charge in [0.15, 0.2) is 0 Å². The molecule has 0 fully saturated rings. The number of para-hydroxylation sites is 1. The molecular formula is C16H13ClF3N3O5S. The first kappa shape index (κ1) is 22.4. The zero-order valence-corrected chi connectivity index (χ0v) is 16.2. The van der Waals surface area contributed by atoms with E-state index in [2.05, 4.69) is 0 Å². The van der Waals surface area contributed by atoms with E-state index in [1.165, 1.54) is 19.1 Å². The second-order valence-corrected chi connectivity index (χ2v) is 7.84. The average molecular weight is 452 g/mol. The highest BCUT2D eigenvalue weighted by Gasteiger charge is 2.29. The van der Waals surface area contributed by atoms with Gasteiger partial charge < -0.3 is 5.32 Å². The first-order chi connectivity index (χ1) is 13.3. The molecule has 2 rings (SSSR count). The Hall–Kier alpha value is -2.86. The van der Waals surface area contributed by atoms with Gasteiger partial charge in [-0.05, 0) is 25.1 Å². The Bertz CT molecular complexity index is 1070. The summed E-state index contributed by atoms with van der Waals surface area (Å²) < 4.78 is 64.2. The summed E-state index contributed by atoms with van der Waals surface area (Å²) in [5.41, 5.74) is -1.16. The number of amides is 1. The number of hydrogen-bond acceptors (Lipinski definition) is 5. The van der Waals surface area contributed by atoms with Gasteiger partial charge in [-0.25, -0.2) is 8.42 Å². The van der Waals surface area contributed by atoms with Gasteiger partial charge in [0.1, 0.15) is 6.54 Å². The van der Waals surface area contributed by atoms with Crippen LogP contribution in [0.3, 0.4) is 0 Å². The quantitative estimate of drug-likeness (QED) is 0.513. The van der Waals surface area contributed by atoms with Gasteiger partial charge in [0.25, 0.3) is 21.6 Å². The average Bonchev–Trinajstić information content (AvgIpc) is 2.61. The summed E-state index contributed by atoms with van der Waals surface area (Å²) in [4.78, 5) is 21.8. The fourth-order valence-electron chi connectivity index (χ4n) is 2.23. The molecule has 2 aromatic rings. The number of alkyl halides is 3. The fraction of sp³-hybridized carbons (Fsp3) is 0.188. The SMILES string of the molecule is Cc1c(Cl)cc(S(=O)(=O)Nc2ccccc2C(=O)NCC(F)(F)F)cc1[N+](=O)[O-]. The van der Waals surface area contributed by atoms with Crippen molar-refractivity contribution in [2.45, 2.75) is 18.0 Å². The van der Waals surface area contributed by atoms with Crippen LogP contribution >= 0.6 is 11.6 Å². The van der Waals surface area contributed by atoms with E-state index in [9.17, 15) is 36.5 Å². The van der Waals surface area contributed by atoms with E-state index in [0.717, 1.165) is 24.3 Å². The van der Waals surface area contributed by atoms with Crippen LogP contribution in [-0.4, -0.2) is 32.0 Å². The highest BCUT2D eigenvalue weighted by atomic mass is 35.5. The lowest BCUT2D eigenvalue weighted by atomic mass is 10.1. The standard InChI is InChI=1S/C16H13ClF3N3O5S/c1-9-12(17)6-10(7-14(9)23(25)26)29(27,28)22-13-5-3-2-4-11(13)15(24)21-8-16(18,19)20/h2-7,22H,8H2,1H3,(H,21,24). The van der Waals surface area contributed by atoms with Crippen molar-refractivity contribution in [1.29, 1.82) is 0 Å². The predicted octanol–water partition coefficient (Wildman–Crippen LogP) is 3.65. The maximum absolute atomic E-state index is 12.6. The molecular weight excluding hydrogens is 439 g/mol. The number of rotatable bonds is 6. The van der Waals surface area contributed by atoms with Crippen molar-refractivity contribution in [2.75, 3.05) is 11.3 Å². The topological polar surface area (TPSA) is 118 Å². The zero-order valence-electron chi connectivity index (χ0n) is 14.6. The third-order valence-corrected chi connectivity index (χ3v) is 5.40. The van der Waals surface area contributed by atoms with Crippen LogP contribution in [0.15, 0.2) is 41.3 Å². The summed E-state index contributed by atoms with van der Waals surface area (Å²) in [5.74, 6) is -1.16. The van der Waals surface area contributed by atoms with Crippen molar-refractivity contribution < 1.29 is 31.3 Å². The number of anilines is 1. The van der Waals surface area contributed by atoms with E-state index in [0.29, 0.717) is 0 Å². The number of nitro benzene ring substituents is 1. The van der Waals surface area contributed by atoms with Crippen molar-refractivity contribution in [3.05, 3.63) is 62.7 Å². The molecule has 0 spiro atoms. The number of nitrogens with one attached hydrogen (secondary N) is 2. The molecule has 1 amide bonds. The summed E-state index contributed by atoms with van der Waals surface area (Å²) in [5, 5.41) is 12.6. The van der Waals surface area contributed by atoms with Crippen LogP contribution in [0.2, 0.25) is 5.02 Å². The first-order valence-electron chi connectivity index (χ1n) is 7.73. The lowest BCUT2D eigenvalue weighted by molar-refractivity contribution is -0.385. The van der Waals surface area contributed by atoms with Crippen molar-refractivity contribution in [1.82, 2.24) is 5.32 Å². The minimum absolute atomic E-state index is 0.0579. The molecule has 0 atom stereocenters. The summed E-state index contributed by atoms with van der Waals surface area (Å²) >= 11 is 5.87. The normalized spacial score (nSPS) is 11.8. The molecule has 0 saturated heterocycles. The van der Waals surface area contributed by atoms with E-state index >= 15 is 0 Å². The van der Waals surface area contributed by atoms with Crippen LogP contribution in [0.25, 0.3) is 0 Å². The smallest absolute Gasteiger partial charge is 0.343 e. The summed E-state index contributed by atoms with van der Waals surface area (Å²) in [6.07, 6.45) is -4.65. The molecule has 0 unspecified atom stereocenters. The molecule has 0 saturated carbocycles. The van der Waals surface area contributed by atoms with Crippen LogP contribution in [0.4, 0.5) is 24.5 Å². The number of benzene rings is 2. The van der Waals surface area contributed by atoms with E-state index in [-0.39, 0.29) is 21.8 Å². The third kappa shape index (κ3) is 5.57. The Kier molecular flexibility index (Phi) is 6.38. The number of hydrogen-bond donors (Lipinski definition) is 2. The number of halogens is 4. The van der Waals surface area contributed by atoms with E-state index < -0.39 is 44.2 Å². The summed E-state index contributed by atoms with van der Waals surface area (Å²) in [6, 6.07) is 6.73. The zero-order chi connectivity index (χ0) is 22.0. The van der Waals surface area contributed by atoms with Crippen LogP contribution in [0, 0.1) is 17.0 Å². The number of carbonyl (C=O) groups excluding carboxylic acids is 1. The molecule has 0 aliphatic rings. The lowest BCUT2D eigenvalue weighted by Crippen LogP contribution is -2.34. The van der Waals surface area contributed by atoms with Crippen LogP contribution in [0.1, 0.15) is 15.9 Å². The molecule has 0 aliphatic carbocycles. The highest BCUT2D eigenvalue weighted by molar-refractivity contribution is 7.92. The Morgan fingerprint density at radius 3 is 2.45 bits per heavy atom. The first-order valence-corrected chi connectivity index (χ1v) is 9.59. The maximum atomic E-state index is 12.6. The minimum Gasteiger partial charge on any atom is -0.343 e. The van der Waals surface area contributed by atoms with E-state index in [1.54, 1.807) is 5.32 Å². The molecule has 2 N–H and O–H groups in total. The molecule has 0 heterocycles. The second-order valence-electron chi connectivity index (χ2n) is 5.76. The van der Waals surface area contributed by atoms with Crippen LogP contribution in [-0.2, 0) is 10.0 Å². The van der Waals surface area contributed by atoms with Gasteiger partial charge in [-0.15, -0.1) is 0 Å². The fourth-order valence-corrected chi connectivity index (χ4v) is 3.64. The molecule has 156 valence electrons. The highest BCUT2D eigenvalue weighted by Crippen LogP contribution is 2.31. The van der Waals surface area contributed by atoms with Gasteiger partial charge in [-0.1, -0.05) is 23.7 Å². The molecule has 0 bridgehead atoms. The Balaban J connectivity index is 2.40. The molecule has 0 aliphatic heterocycles. The Labute approximate surface area is 167 Å².